The van der Waals surface area contributed by atoms with Crippen molar-refractivity contribution in [2.75, 3.05) is 5.32 Å². The van der Waals surface area contributed by atoms with E-state index >= 15 is 0 Å². The van der Waals surface area contributed by atoms with Crippen LogP contribution in [0.15, 0.2) is 42.7 Å². The topological polar surface area (TPSA) is 54.9 Å². The summed E-state index contributed by atoms with van der Waals surface area (Å²) >= 11 is 1.45. The molecule has 4 nitrogen and oxygen atoms in total. The number of amides is 1. The summed E-state index contributed by atoms with van der Waals surface area (Å²) in [6.45, 7) is 1.95. The number of hydrogen-bond acceptors (Lipinski definition) is 4. The number of pyridine rings is 1. The van der Waals surface area contributed by atoms with Gasteiger partial charge in [0.25, 0.3) is 5.91 Å². The first-order valence-electron chi connectivity index (χ1n) is 5.81. The fraction of sp³-hybridized carbons (Fsp3) is 0.0714. The highest BCUT2D eigenvalue weighted by molar-refractivity contribution is 7.15. The maximum atomic E-state index is 12.3. The van der Waals surface area contributed by atoms with Crippen LogP contribution in [0.2, 0.25) is 0 Å². The van der Waals surface area contributed by atoms with E-state index in [2.05, 4.69) is 15.3 Å². The minimum absolute atomic E-state index is 0.182. The predicted octanol–water partition coefficient (Wildman–Crippen LogP) is 3.25. The van der Waals surface area contributed by atoms with E-state index in [0.29, 0.717) is 16.2 Å². The molecule has 5 heteroatoms. The summed E-state index contributed by atoms with van der Waals surface area (Å²) in [6.07, 6.45) is 3.42. The number of carbonyl (C=O) groups excluding carboxylic acids is 1. The normalized spacial score (nSPS) is 10.6. The number of hydrogen-bond donors (Lipinski definition) is 1. The van der Waals surface area contributed by atoms with Crippen LogP contribution in [0.1, 0.15) is 15.2 Å². The Kier molecular flexibility index (Phi) is 2.97. The summed E-state index contributed by atoms with van der Waals surface area (Å²) in [5.74, 6) is -0.182. The molecule has 3 rings (SSSR count). The second-order valence-corrected chi connectivity index (χ2v) is 5.35. The Morgan fingerprint density at radius 3 is 2.84 bits per heavy atom. The van der Waals surface area contributed by atoms with Crippen molar-refractivity contribution in [2.45, 2.75) is 6.92 Å². The summed E-state index contributed by atoms with van der Waals surface area (Å²) in [5, 5.41) is 4.36. The molecular formula is C14H11N3OS. The number of fused-ring (bicyclic) bond motifs is 1. The van der Waals surface area contributed by atoms with Gasteiger partial charge in [0.05, 0.1) is 11.1 Å². The minimum Gasteiger partial charge on any atom is -0.298 e. The molecule has 1 amide bonds. The fourth-order valence-electron chi connectivity index (χ4n) is 1.86. The summed E-state index contributed by atoms with van der Waals surface area (Å²) in [6, 6.07) is 9.35. The smallest absolute Gasteiger partial charge is 0.259 e. The number of anilines is 1. The predicted molar refractivity (Wildman–Crippen MR) is 76.5 cm³/mol. The highest BCUT2D eigenvalue weighted by Gasteiger charge is 2.12. The van der Waals surface area contributed by atoms with Crippen molar-refractivity contribution >= 4 is 33.3 Å². The van der Waals surface area contributed by atoms with E-state index in [1.54, 1.807) is 18.5 Å². The fourth-order valence-corrected chi connectivity index (χ4v) is 2.52. The molecule has 0 atom stereocenters. The Balaban J connectivity index is 1.97. The maximum Gasteiger partial charge on any atom is 0.259 e. The molecule has 0 saturated carbocycles. The van der Waals surface area contributed by atoms with Crippen molar-refractivity contribution in [3.05, 3.63) is 53.2 Å². The first-order valence-corrected chi connectivity index (χ1v) is 6.63. The van der Waals surface area contributed by atoms with Crippen LogP contribution in [-0.4, -0.2) is 15.9 Å². The molecule has 1 N–H and O–H groups in total. The lowest BCUT2D eigenvalue weighted by Gasteiger charge is -2.04. The molecule has 0 aliphatic rings. The molecule has 1 aromatic carbocycles. The first-order chi connectivity index (χ1) is 9.24. The van der Waals surface area contributed by atoms with Crippen LogP contribution in [0, 0.1) is 6.92 Å². The highest BCUT2D eigenvalue weighted by Crippen LogP contribution is 2.20. The molecule has 2 heterocycles. The molecule has 0 saturated heterocycles. The van der Waals surface area contributed by atoms with Crippen molar-refractivity contribution in [1.82, 2.24) is 9.97 Å². The second kappa shape index (κ2) is 4.78. The Morgan fingerprint density at radius 2 is 2.05 bits per heavy atom. The molecule has 2 aromatic heterocycles. The van der Waals surface area contributed by atoms with Crippen LogP contribution in [0.5, 0.6) is 0 Å². The molecule has 0 fully saturated rings. The van der Waals surface area contributed by atoms with Crippen LogP contribution in [0.4, 0.5) is 5.13 Å². The summed E-state index contributed by atoms with van der Waals surface area (Å²) in [4.78, 5) is 21.7. The Hall–Kier alpha value is -2.27. The van der Waals surface area contributed by atoms with E-state index in [1.165, 1.54) is 11.3 Å². The van der Waals surface area contributed by atoms with Crippen molar-refractivity contribution in [3.63, 3.8) is 0 Å². The van der Waals surface area contributed by atoms with Crippen molar-refractivity contribution in [1.29, 1.82) is 0 Å². The Morgan fingerprint density at radius 1 is 1.21 bits per heavy atom. The molecule has 0 bridgehead atoms. The molecule has 0 spiro atoms. The van der Waals surface area contributed by atoms with E-state index in [-0.39, 0.29) is 5.91 Å². The van der Waals surface area contributed by atoms with Gasteiger partial charge < -0.3 is 0 Å². The quantitative estimate of drug-likeness (QED) is 0.777. The van der Waals surface area contributed by atoms with Crippen molar-refractivity contribution in [2.24, 2.45) is 0 Å². The number of aryl methyl sites for hydroxylation is 1. The van der Waals surface area contributed by atoms with E-state index in [1.807, 2.05) is 31.2 Å². The standard InChI is InChI=1S/C14H11N3OS/c1-9-8-16-14(19-9)17-13(18)11-6-2-4-10-5-3-7-15-12(10)11/h2-8H,1H3,(H,16,17,18). The van der Waals surface area contributed by atoms with E-state index in [4.69, 9.17) is 0 Å². The maximum absolute atomic E-state index is 12.3. The van der Waals surface area contributed by atoms with Crippen LogP contribution >= 0.6 is 11.3 Å². The van der Waals surface area contributed by atoms with Crippen LogP contribution in [0.3, 0.4) is 0 Å². The van der Waals surface area contributed by atoms with E-state index in [9.17, 15) is 4.79 Å². The zero-order valence-electron chi connectivity index (χ0n) is 10.3. The lowest BCUT2D eigenvalue weighted by molar-refractivity contribution is 0.102. The molecular weight excluding hydrogens is 258 g/mol. The Bertz CT molecular complexity index is 746. The third-order valence-electron chi connectivity index (χ3n) is 2.72. The van der Waals surface area contributed by atoms with Crippen LogP contribution < -0.4 is 5.32 Å². The largest absolute Gasteiger partial charge is 0.298 e. The molecule has 0 aliphatic carbocycles. The average Bonchev–Trinajstić information content (AvgIpc) is 2.83. The second-order valence-electron chi connectivity index (χ2n) is 4.11. The highest BCUT2D eigenvalue weighted by atomic mass is 32.1. The van der Waals surface area contributed by atoms with Crippen molar-refractivity contribution < 1.29 is 4.79 Å². The number of thiazole rings is 1. The molecule has 3 aromatic rings. The van der Waals surface area contributed by atoms with Crippen LogP contribution in [0.25, 0.3) is 10.9 Å². The zero-order chi connectivity index (χ0) is 13.2. The number of rotatable bonds is 2. The number of nitrogens with zero attached hydrogens (tertiary/aromatic N) is 2. The number of nitrogens with one attached hydrogen (secondary N) is 1. The molecule has 19 heavy (non-hydrogen) atoms. The van der Waals surface area contributed by atoms with Gasteiger partial charge in [-0.1, -0.05) is 18.2 Å². The van der Waals surface area contributed by atoms with Gasteiger partial charge in [-0.25, -0.2) is 4.98 Å². The van der Waals surface area contributed by atoms with Gasteiger partial charge in [-0.05, 0) is 19.1 Å². The number of aromatic nitrogens is 2. The van der Waals surface area contributed by atoms with Gasteiger partial charge in [0.15, 0.2) is 5.13 Å². The molecule has 0 aliphatic heterocycles. The van der Waals surface area contributed by atoms with Gasteiger partial charge in [-0.3, -0.25) is 15.1 Å². The number of benzene rings is 1. The molecule has 0 radical (unpaired) electrons. The first kappa shape index (κ1) is 11.8. The van der Waals surface area contributed by atoms with Gasteiger partial charge in [0.1, 0.15) is 0 Å². The SMILES string of the molecule is Cc1cnc(NC(=O)c2cccc3cccnc23)s1. The minimum atomic E-state index is -0.182. The third-order valence-corrected chi connectivity index (χ3v) is 3.55. The summed E-state index contributed by atoms with van der Waals surface area (Å²) in [5.41, 5.74) is 1.27. The van der Waals surface area contributed by atoms with E-state index < -0.39 is 0 Å². The van der Waals surface area contributed by atoms with Gasteiger partial charge >= 0.3 is 0 Å². The van der Waals surface area contributed by atoms with Crippen molar-refractivity contribution in [3.8, 4) is 0 Å². The number of para-hydroxylation sites is 1. The lowest BCUT2D eigenvalue weighted by atomic mass is 10.1. The van der Waals surface area contributed by atoms with Gasteiger partial charge in [-0.2, -0.15) is 0 Å². The molecule has 94 valence electrons. The van der Waals surface area contributed by atoms with Gasteiger partial charge in [0.2, 0.25) is 0 Å². The lowest BCUT2D eigenvalue weighted by Crippen LogP contribution is -2.12. The summed E-state index contributed by atoms with van der Waals surface area (Å²) < 4.78 is 0. The van der Waals surface area contributed by atoms with Gasteiger partial charge in [-0.15, -0.1) is 11.3 Å². The van der Waals surface area contributed by atoms with Gasteiger partial charge in [0, 0.05) is 22.7 Å². The molecule has 0 unspecified atom stereocenters. The average molecular weight is 269 g/mol. The zero-order valence-corrected chi connectivity index (χ0v) is 11.1. The third kappa shape index (κ3) is 2.32. The van der Waals surface area contributed by atoms with E-state index in [0.717, 1.165) is 10.3 Å². The Labute approximate surface area is 114 Å². The van der Waals surface area contributed by atoms with Crippen LogP contribution in [-0.2, 0) is 0 Å². The number of carbonyl (C=O) groups is 1. The monoisotopic (exact) mass is 269 g/mol. The summed E-state index contributed by atoms with van der Waals surface area (Å²) in [7, 11) is 0.